The van der Waals surface area contributed by atoms with Crippen molar-refractivity contribution in [1.29, 1.82) is 0 Å². The lowest BCUT2D eigenvalue weighted by atomic mass is 9.87. The number of phosphoric ester groups is 3. The van der Waals surface area contributed by atoms with Crippen LogP contribution in [0.15, 0.2) is 12.7 Å². The van der Waals surface area contributed by atoms with Crippen LogP contribution in [0.2, 0.25) is 0 Å². The van der Waals surface area contributed by atoms with Gasteiger partial charge in [0.25, 0.3) is 0 Å². The van der Waals surface area contributed by atoms with E-state index in [0.29, 0.717) is 0 Å². The number of aliphatic hydroxyl groups is 2. The van der Waals surface area contributed by atoms with Crippen LogP contribution in [-0.4, -0.2) is 141 Å². The number of imidazole rings is 1. The molecule has 0 radical (unpaired) electrons. The number of rotatable bonds is 23. The predicted octanol–water partition coefficient (Wildman–Crippen LogP) is -3.19. The summed E-state index contributed by atoms with van der Waals surface area (Å²) in [5, 5.41) is 28.0. The Morgan fingerprint density at radius 3 is 2.37 bits per heavy atom. The summed E-state index contributed by atoms with van der Waals surface area (Å²) in [6.07, 6.45) is -7.59. The number of H-pyrrole nitrogens is 1. The quantitative estimate of drug-likeness (QED) is 0.0297. The Bertz CT molecular complexity index is 1930. The largest absolute Gasteiger partial charge is 0.481 e. The molecule has 0 spiro atoms. The average molecular weight is 920 g/mol. The Labute approximate surface area is 326 Å². The number of carbonyl (C=O) groups is 3. The van der Waals surface area contributed by atoms with E-state index in [1.54, 1.807) is 0 Å². The molecule has 1 fully saturated rings. The molecular formula is C24H43N8O20P4S+. The van der Waals surface area contributed by atoms with Crippen molar-refractivity contribution in [1.82, 2.24) is 30.9 Å². The van der Waals surface area contributed by atoms with Crippen molar-refractivity contribution in [2.75, 3.05) is 50.6 Å². The number of carbonyl (C=O) groups excluding carboxylic acids is 3. The van der Waals surface area contributed by atoms with Gasteiger partial charge >= 0.3 is 36.7 Å². The zero-order chi connectivity index (χ0) is 43.0. The fourth-order valence-electron chi connectivity index (χ4n) is 4.71. The maximum atomic E-state index is 12.7. The van der Waals surface area contributed by atoms with Crippen LogP contribution < -0.4 is 26.3 Å². The molecule has 0 bridgehead atoms. The molecule has 0 aromatic carbocycles. The summed E-state index contributed by atoms with van der Waals surface area (Å²) < 4.78 is 72.8. The van der Waals surface area contributed by atoms with Crippen LogP contribution in [0.5, 0.6) is 0 Å². The standard InChI is InChI=1S/C24H42N8O20P4S/c1-24(2,19(36)22(37)28-4-3-14(33)27-5-6-57-15(34)7-26-12-53(38,39)40)9-49-56(46,47)52-55(44,45)48-8-13-18(51-54(41,42)43)17(35)23(50-13)32-11-31-16-20(25)29-10-30-21(16)32/h10-11,13,17-19,23,26,35-36H,3-9,12H2,1-2H3,(H10,25,27,28,29,30,33,37,38,39,40,41,42,43,44,45,46,47)/p+1. The van der Waals surface area contributed by atoms with E-state index >= 15 is 0 Å². The second kappa shape index (κ2) is 20.3. The van der Waals surface area contributed by atoms with Crippen molar-refractivity contribution in [2.45, 2.75) is 50.9 Å². The maximum Gasteiger partial charge on any atom is 0.481 e. The van der Waals surface area contributed by atoms with Crippen LogP contribution in [0.1, 0.15) is 26.5 Å². The summed E-state index contributed by atoms with van der Waals surface area (Å²) in [5.41, 5.74) is 4.39. The second-order valence-electron chi connectivity index (χ2n) is 12.6. The molecule has 0 saturated carbocycles. The Balaban J connectivity index is 1.46. The normalized spacial score (nSPS) is 21.8. The van der Waals surface area contributed by atoms with Gasteiger partial charge in [0.1, 0.15) is 24.4 Å². The van der Waals surface area contributed by atoms with Crippen molar-refractivity contribution < 1.29 is 99.4 Å². The van der Waals surface area contributed by atoms with Crippen LogP contribution in [0.25, 0.3) is 11.2 Å². The van der Waals surface area contributed by atoms with Crippen molar-refractivity contribution >= 4 is 76.7 Å². The van der Waals surface area contributed by atoms with Gasteiger partial charge < -0.3 is 60.7 Å². The monoisotopic (exact) mass is 919 g/mol. The Morgan fingerprint density at radius 2 is 1.72 bits per heavy atom. The molecule has 1 aliphatic heterocycles. The van der Waals surface area contributed by atoms with Crippen molar-refractivity contribution in [3.63, 3.8) is 0 Å². The number of phosphoric acid groups is 3. The predicted molar refractivity (Wildman–Crippen MR) is 191 cm³/mol. The summed E-state index contributed by atoms with van der Waals surface area (Å²) in [7, 11) is -20.8. The molecule has 324 valence electrons. The first-order valence-corrected chi connectivity index (χ1v) is 23.4. The summed E-state index contributed by atoms with van der Waals surface area (Å²) in [6.45, 7) is -0.158. The molecule has 14 N–H and O–H groups in total. The Kier molecular flexibility index (Phi) is 17.5. The number of hydrogen-bond donors (Lipinski definition) is 13. The molecule has 33 heteroatoms. The van der Waals surface area contributed by atoms with Gasteiger partial charge in [0.15, 0.2) is 18.5 Å². The number of anilines is 1. The highest BCUT2D eigenvalue weighted by atomic mass is 32.2. The van der Waals surface area contributed by atoms with Gasteiger partial charge in [-0.2, -0.15) is 9.29 Å². The number of hydrogen-bond acceptors (Lipinski definition) is 19. The van der Waals surface area contributed by atoms with E-state index < -0.39 is 104 Å². The topological polar surface area (TPSA) is 435 Å². The Morgan fingerprint density at radius 1 is 1.05 bits per heavy atom. The lowest BCUT2D eigenvalue weighted by Gasteiger charge is -2.30. The molecule has 28 nitrogen and oxygen atoms in total. The molecule has 2 aromatic rings. The van der Waals surface area contributed by atoms with Gasteiger partial charge in [-0.05, 0) is 0 Å². The summed E-state index contributed by atoms with van der Waals surface area (Å²) in [4.78, 5) is 103. The highest BCUT2D eigenvalue weighted by molar-refractivity contribution is 8.13. The van der Waals surface area contributed by atoms with Crippen LogP contribution in [-0.2, 0) is 55.3 Å². The number of thioether (sulfide) groups is 1. The van der Waals surface area contributed by atoms with Crippen LogP contribution in [0.4, 0.5) is 5.82 Å². The van der Waals surface area contributed by atoms with Crippen LogP contribution in [0, 0.1) is 5.41 Å². The Hall–Kier alpha value is -2.33. The highest BCUT2D eigenvalue weighted by Gasteiger charge is 2.52. The second-order valence-corrected chi connectivity index (χ2v) is 19.6. The van der Waals surface area contributed by atoms with Gasteiger partial charge in [0.05, 0.1) is 26.0 Å². The number of nitrogens with two attached hydrogens (primary N) is 1. The number of fused-ring (bicyclic) bond motifs is 1. The summed E-state index contributed by atoms with van der Waals surface area (Å²) in [6, 6.07) is 0. The SMILES string of the molecule is CC(C)(COP(=O)(O)OP(=O)(O)OCC1OC([n+]2c[nH]c3c(N)ncnc32)C(O)C1OP(=O)(O)O)C(O)C(=O)NCCC(=O)NCCSC(=O)CNCP(=O)(O)O. The van der Waals surface area contributed by atoms with Gasteiger partial charge in [0, 0.05) is 30.7 Å². The van der Waals surface area contributed by atoms with Crippen molar-refractivity contribution in [3.05, 3.63) is 12.7 Å². The fraction of sp³-hybridized carbons (Fsp3) is 0.667. The van der Waals surface area contributed by atoms with Gasteiger partial charge in [-0.15, -0.1) is 0 Å². The molecule has 7 unspecified atom stereocenters. The number of aliphatic hydroxyl groups excluding tert-OH is 2. The first-order chi connectivity index (χ1) is 26.2. The number of nitrogen functional groups attached to an aromatic ring is 1. The van der Waals surface area contributed by atoms with Gasteiger partial charge in [0.2, 0.25) is 28.7 Å². The van der Waals surface area contributed by atoms with Crippen molar-refractivity contribution in [3.8, 4) is 0 Å². The van der Waals surface area contributed by atoms with Gasteiger partial charge in [-0.3, -0.25) is 42.8 Å². The number of amides is 2. The first-order valence-electron chi connectivity index (χ1n) is 16.1. The molecule has 1 saturated heterocycles. The summed E-state index contributed by atoms with van der Waals surface area (Å²) >= 11 is 0.806. The zero-order valence-corrected chi connectivity index (χ0v) is 34.2. The zero-order valence-electron chi connectivity index (χ0n) is 29.8. The molecule has 1 aliphatic rings. The van der Waals surface area contributed by atoms with E-state index in [2.05, 4.69) is 39.7 Å². The third-order valence-corrected chi connectivity index (χ3v) is 12.0. The first kappa shape index (κ1) is 49.0. The highest BCUT2D eigenvalue weighted by Crippen LogP contribution is 2.61. The number of aromatic amines is 1. The van der Waals surface area contributed by atoms with Crippen LogP contribution in [0.3, 0.4) is 0 Å². The van der Waals surface area contributed by atoms with Crippen molar-refractivity contribution in [2.24, 2.45) is 5.41 Å². The minimum Gasteiger partial charge on any atom is -0.384 e. The third kappa shape index (κ3) is 16.0. The number of aromatic nitrogens is 4. The molecule has 57 heavy (non-hydrogen) atoms. The smallest absolute Gasteiger partial charge is 0.384 e. The third-order valence-electron chi connectivity index (χ3n) is 7.41. The van der Waals surface area contributed by atoms with Crippen LogP contribution >= 0.6 is 42.8 Å². The fourth-order valence-corrected chi connectivity index (χ4v) is 8.57. The lowest BCUT2D eigenvalue weighted by Crippen LogP contribution is -2.46. The number of nitrogens with zero attached hydrogens (tertiary/aromatic N) is 3. The maximum absolute atomic E-state index is 12.7. The molecule has 7 atom stereocenters. The lowest BCUT2D eigenvalue weighted by molar-refractivity contribution is -0.745. The molecular weight excluding hydrogens is 876 g/mol. The molecule has 2 aromatic heterocycles. The van der Waals surface area contributed by atoms with E-state index in [1.165, 1.54) is 20.2 Å². The minimum atomic E-state index is -5.59. The molecule has 0 aliphatic carbocycles. The minimum absolute atomic E-state index is 0.0000504. The van der Waals surface area contributed by atoms with E-state index in [1.807, 2.05) is 0 Å². The van der Waals surface area contributed by atoms with E-state index in [4.69, 9.17) is 29.3 Å². The molecule has 3 rings (SSSR count). The van der Waals surface area contributed by atoms with E-state index in [0.717, 1.165) is 22.7 Å². The van der Waals surface area contributed by atoms with E-state index in [-0.39, 0.29) is 48.8 Å². The number of nitrogens with one attached hydrogen (secondary N) is 4. The summed E-state index contributed by atoms with van der Waals surface area (Å²) in [5.74, 6) is -1.43. The van der Waals surface area contributed by atoms with Gasteiger partial charge in [-0.25, -0.2) is 18.3 Å². The van der Waals surface area contributed by atoms with E-state index in [9.17, 15) is 62.4 Å². The number of ether oxygens (including phenoxy) is 1. The van der Waals surface area contributed by atoms with Gasteiger partial charge in [-0.1, -0.05) is 30.6 Å². The average Bonchev–Trinajstić information content (AvgIpc) is 3.64. The molecule has 2 amide bonds. The molecule has 3 heterocycles.